The molecule has 1 fully saturated rings. The average molecular weight is 250 g/mol. The molecule has 0 aliphatic carbocycles. The minimum atomic E-state index is 0.358. The van der Waals surface area contributed by atoms with Gasteiger partial charge in [-0.2, -0.15) is 0 Å². The number of nitrogens with one attached hydrogen (secondary N) is 2. The predicted molar refractivity (Wildman–Crippen MR) is 69.4 cm³/mol. The van der Waals surface area contributed by atoms with E-state index in [0.717, 1.165) is 45.6 Å². The van der Waals surface area contributed by atoms with Gasteiger partial charge in [0.1, 0.15) is 0 Å². The SMILES string of the molecule is CC1CN(CC2Cc3nc[nH]c3CN2)CCCO1. The third-order valence-electron chi connectivity index (χ3n) is 3.83. The molecule has 2 unspecified atom stereocenters. The molecule has 0 bridgehead atoms. The van der Waals surface area contributed by atoms with E-state index in [1.165, 1.54) is 11.4 Å². The first-order chi connectivity index (χ1) is 8.81. The molecule has 2 aliphatic heterocycles. The topological polar surface area (TPSA) is 53.2 Å². The molecule has 3 heterocycles. The van der Waals surface area contributed by atoms with Gasteiger partial charge in [0.15, 0.2) is 0 Å². The molecule has 2 atom stereocenters. The second-order valence-electron chi connectivity index (χ2n) is 5.40. The summed E-state index contributed by atoms with van der Waals surface area (Å²) in [6.45, 7) is 7.28. The largest absolute Gasteiger partial charge is 0.377 e. The van der Waals surface area contributed by atoms with E-state index >= 15 is 0 Å². The molecule has 2 aliphatic rings. The van der Waals surface area contributed by atoms with Crippen LogP contribution in [0.2, 0.25) is 0 Å². The zero-order valence-electron chi connectivity index (χ0n) is 11.0. The minimum Gasteiger partial charge on any atom is -0.377 e. The summed E-state index contributed by atoms with van der Waals surface area (Å²) in [5.74, 6) is 0. The maximum absolute atomic E-state index is 5.69. The van der Waals surface area contributed by atoms with Gasteiger partial charge in [0, 0.05) is 45.2 Å². The number of hydrogen-bond acceptors (Lipinski definition) is 4. The summed E-state index contributed by atoms with van der Waals surface area (Å²) in [6, 6.07) is 0.520. The van der Waals surface area contributed by atoms with Crippen LogP contribution in [-0.2, 0) is 17.7 Å². The van der Waals surface area contributed by atoms with Gasteiger partial charge in [-0.05, 0) is 13.3 Å². The second-order valence-corrected chi connectivity index (χ2v) is 5.40. The van der Waals surface area contributed by atoms with Gasteiger partial charge in [0.25, 0.3) is 0 Å². The van der Waals surface area contributed by atoms with Crippen molar-refractivity contribution in [3.05, 3.63) is 17.7 Å². The fraction of sp³-hybridized carbons (Fsp3) is 0.769. The Morgan fingerprint density at radius 3 is 3.44 bits per heavy atom. The van der Waals surface area contributed by atoms with Crippen LogP contribution in [0.25, 0.3) is 0 Å². The van der Waals surface area contributed by atoms with Crippen molar-refractivity contribution in [2.75, 3.05) is 26.2 Å². The molecule has 0 saturated carbocycles. The molecule has 0 spiro atoms. The van der Waals surface area contributed by atoms with Gasteiger partial charge in [0.05, 0.1) is 23.8 Å². The van der Waals surface area contributed by atoms with Crippen molar-refractivity contribution in [1.29, 1.82) is 0 Å². The summed E-state index contributed by atoms with van der Waals surface area (Å²) >= 11 is 0. The lowest BCUT2D eigenvalue weighted by molar-refractivity contribution is 0.0662. The number of aromatic amines is 1. The first-order valence-corrected chi connectivity index (χ1v) is 6.89. The van der Waals surface area contributed by atoms with E-state index in [0.29, 0.717) is 12.1 Å². The number of H-pyrrole nitrogens is 1. The predicted octanol–water partition coefficient (Wildman–Crippen LogP) is 0.535. The van der Waals surface area contributed by atoms with Gasteiger partial charge in [-0.3, -0.25) is 4.90 Å². The Balaban J connectivity index is 1.57. The van der Waals surface area contributed by atoms with Crippen molar-refractivity contribution >= 4 is 0 Å². The van der Waals surface area contributed by atoms with Crippen LogP contribution in [-0.4, -0.2) is 53.3 Å². The quantitative estimate of drug-likeness (QED) is 0.804. The number of nitrogens with zero attached hydrogens (tertiary/aromatic N) is 2. The highest BCUT2D eigenvalue weighted by Gasteiger charge is 2.23. The lowest BCUT2D eigenvalue weighted by Gasteiger charge is -2.30. The molecule has 0 aromatic carbocycles. The van der Waals surface area contributed by atoms with Crippen LogP contribution in [0, 0.1) is 0 Å². The van der Waals surface area contributed by atoms with Gasteiger partial charge >= 0.3 is 0 Å². The normalized spacial score (nSPS) is 29.8. The molecule has 1 aromatic rings. The highest BCUT2D eigenvalue weighted by molar-refractivity contribution is 5.16. The van der Waals surface area contributed by atoms with Crippen LogP contribution in [0.4, 0.5) is 0 Å². The van der Waals surface area contributed by atoms with E-state index in [2.05, 4.69) is 27.1 Å². The van der Waals surface area contributed by atoms with Crippen LogP contribution in [0.15, 0.2) is 6.33 Å². The van der Waals surface area contributed by atoms with Gasteiger partial charge in [-0.1, -0.05) is 0 Å². The summed E-state index contributed by atoms with van der Waals surface area (Å²) in [5.41, 5.74) is 2.48. The van der Waals surface area contributed by atoms with E-state index in [-0.39, 0.29) is 0 Å². The number of hydrogen-bond donors (Lipinski definition) is 2. The zero-order valence-corrected chi connectivity index (χ0v) is 11.0. The maximum Gasteiger partial charge on any atom is 0.0925 e. The molecular formula is C13H22N4O. The van der Waals surface area contributed by atoms with Gasteiger partial charge in [0.2, 0.25) is 0 Å². The van der Waals surface area contributed by atoms with Crippen molar-refractivity contribution in [2.24, 2.45) is 0 Å². The molecule has 5 heteroatoms. The first-order valence-electron chi connectivity index (χ1n) is 6.89. The highest BCUT2D eigenvalue weighted by atomic mass is 16.5. The van der Waals surface area contributed by atoms with Crippen LogP contribution in [0.1, 0.15) is 24.7 Å². The summed E-state index contributed by atoms with van der Waals surface area (Å²) in [4.78, 5) is 10.1. The number of fused-ring (bicyclic) bond motifs is 1. The minimum absolute atomic E-state index is 0.358. The molecule has 2 N–H and O–H groups in total. The maximum atomic E-state index is 5.69. The third kappa shape index (κ3) is 2.74. The number of imidazole rings is 1. The van der Waals surface area contributed by atoms with Gasteiger partial charge < -0.3 is 15.0 Å². The van der Waals surface area contributed by atoms with Crippen molar-refractivity contribution < 1.29 is 4.74 Å². The molecule has 1 saturated heterocycles. The molecule has 0 radical (unpaired) electrons. The smallest absolute Gasteiger partial charge is 0.0925 e. The zero-order chi connectivity index (χ0) is 12.4. The first kappa shape index (κ1) is 12.1. The molecule has 0 amide bonds. The number of rotatable bonds is 2. The molecule has 100 valence electrons. The highest BCUT2D eigenvalue weighted by Crippen LogP contribution is 2.14. The Morgan fingerprint density at radius 1 is 1.56 bits per heavy atom. The average Bonchev–Trinajstić information content (AvgIpc) is 2.72. The van der Waals surface area contributed by atoms with E-state index in [4.69, 9.17) is 4.74 Å². The molecule has 3 rings (SSSR count). The molecule has 1 aromatic heterocycles. The summed E-state index contributed by atoms with van der Waals surface area (Å²) in [5, 5.41) is 3.59. The summed E-state index contributed by atoms with van der Waals surface area (Å²) in [6.07, 6.45) is 4.34. The Labute approximate surface area is 108 Å². The number of aromatic nitrogens is 2. The fourth-order valence-corrected chi connectivity index (χ4v) is 2.92. The third-order valence-corrected chi connectivity index (χ3v) is 3.83. The van der Waals surface area contributed by atoms with Gasteiger partial charge in [-0.25, -0.2) is 4.98 Å². The lowest BCUT2D eigenvalue weighted by Crippen LogP contribution is -2.46. The van der Waals surface area contributed by atoms with Crippen LogP contribution >= 0.6 is 0 Å². The van der Waals surface area contributed by atoms with Gasteiger partial charge in [-0.15, -0.1) is 0 Å². The molecular weight excluding hydrogens is 228 g/mol. The number of ether oxygens (including phenoxy) is 1. The Hall–Kier alpha value is -0.910. The Morgan fingerprint density at radius 2 is 2.50 bits per heavy atom. The molecule has 18 heavy (non-hydrogen) atoms. The monoisotopic (exact) mass is 250 g/mol. The van der Waals surface area contributed by atoms with E-state index in [1.54, 1.807) is 6.33 Å². The van der Waals surface area contributed by atoms with Crippen LogP contribution in [0.3, 0.4) is 0 Å². The van der Waals surface area contributed by atoms with Crippen molar-refractivity contribution in [3.63, 3.8) is 0 Å². The van der Waals surface area contributed by atoms with E-state index < -0.39 is 0 Å². The van der Waals surface area contributed by atoms with E-state index in [9.17, 15) is 0 Å². The van der Waals surface area contributed by atoms with Crippen LogP contribution < -0.4 is 5.32 Å². The summed E-state index contributed by atoms with van der Waals surface area (Å²) in [7, 11) is 0. The Kier molecular flexibility index (Phi) is 3.63. The van der Waals surface area contributed by atoms with Crippen molar-refractivity contribution in [1.82, 2.24) is 20.2 Å². The van der Waals surface area contributed by atoms with Crippen molar-refractivity contribution in [3.8, 4) is 0 Å². The summed E-state index contributed by atoms with van der Waals surface area (Å²) < 4.78 is 5.69. The van der Waals surface area contributed by atoms with Crippen LogP contribution in [0.5, 0.6) is 0 Å². The standard InChI is InChI=1S/C13H22N4O/c1-10-7-17(3-2-4-18-10)8-11-5-12-13(6-14-11)16-9-15-12/h9-11,14H,2-8H2,1H3,(H,15,16). The fourth-order valence-electron chi connectivity index (χ4n) is 2.92. The van der Waals surface area contributed by atoms with E-state index in [1.807, 2.05) is 0 Å². The van der Waals surface area contributed by atoms with Crippen molar-refractivity contribution in [2.45, 2.75) is 38.5 Å². The lowest BCUT2D eigenvalue weighted by atomic mass is 10.0. The Bertz CT molecular complexity index is 392. The second kappa shape index (κ2) is 5.38. The molecule has 5 nitrogen and oxygen atoms in total.